The summed E-state index contributed by atoms with van der Waals surface area (Å²) in [7, 11) is -3.89. The van der Waals surface area contributed by atoms with E-state index in [0.29, 0.717) is 12.0 Å². The lowest BCUT2D eigenvalue weighted by atomic mass is 10.3. The van der Waals surface area contributed by atoms with Crippen molar-refractivity contribution in [3.63, 3.8) is 0 Å². The van der Waals surface area contributed by atoms with Gasteiger partial charge in [-0.3, -0.25) is 0 Å². The second-order valence-corrected chi connectivity index (χ2v) is 7.84. The first-order valence-electron chi connectivity index (χ1n) is 8.06. The van der Waals surface area contributed by atoms with E-state index in [-0.39, 0.29) is 23.9 Å². The summed E-state index contributed by atoms with van der Waals surface area (Å²) in [6.07, 6.45) is -3.48. The quantitative estimate of drug-likeness (QED) is 0.748. The van der Waals surface area contributed by atoms with Crippen LogP contribution in [-0.2, 0) is 10.0 Å². The lowest BCUT2D eigenvalue weighted by Crippen LogP contribution is -2.31. The molecule has 28 heavy (non-hydrogen) atoms. The molecule has 0 saturated carbocycles. The van der Waals surface area contributed by atoms with Crippen LogP contribution in [0.1, 0.15) is 12.0 Å². The van der Waals surface area contributed by atoms with Gasteiger partial charge in [0, 0.05) is 18.8 Å². The molecular weight excluding hydrogens is 399 g/mol. The molecule has 2 aromatic rings. The van der Waals surface area contributed by atoms with Crippen LogP contribution in [0.2, 0.25) is 0 Å². The number of aromatic nitrogens is 1. The molecule has 2 heterocycles. The first-order chi connectivity index (χ1) is 13.2. The average Bonchev–Trinajstić information content (AvgIpc) is 3.10. The number of hydrogen-bond acceptors (Lipinski definition) is 6. The fourth-order valence-corrected chi connectivity index (χ4v) is 4.18. The summed E-state index contributed by atoms with van der Waals surface area (Å²) in [6, 6.07) is 8.94. The van der Waals surface area contributed by atoms with Gasteiger partial charge in [-0.2, -0.15) is 9.57 Å². The topological polar surface area (TPSA) is 92.5 Å². The number of nitrogens with zero attached hydrogens (tertiary/aromatic N) is 3. The molecule has 1 aromatic carbocycles. The highest BCUT2D eigenvalue weighted by molar-refractivity contribution is 7.89. The van der Waals surface area contributed by atoms with Gasteiger partial charge in [0.15, 0.2) is 0 Å². The van der Waals surface area contributed by atoms with Gasteiger partial charge in [0.2, 0.25) is 15.9 Å². The highest BCUT2D eigenvalue weighted by Crippen LogP contribution is 2.27. The fraction of sp³-hybridized carbons (Fsp3) is 0.294. The zero-order valence-corrected chi connectivity index (χ0v) is 15.1. The molecule has 0 radical (unpaired) electrons. The molecule has 0 bridgehead atoms. The predicted molar refractivity (Wildman–Crippen MR) is 89.9 cm³/mol. The Bertz CT molecular complexity index is 988. The van der Waals surface area contributed by atoms with Gasteiger partial charge in [0.05, 0.1) is 23.1 Å². The SMILES string of the molecule is N#Cc1ccnc(OC2CCN(S(=O)(=O)c3ccc(OC(F)(F)F)cc3)C2)c1. The maximum Gasteiger partial charge on any atom is 0.573 e. The minimum atomic E-state index is -4.85. The van der Waals surface area contributed by atoms with E-state index in [9.17, 15) is 21.6 Å². The summed E-state index contributed by atoms with van der Waals surface area (Å²) < 4.78 is 72.5. The molecular formula is C17H14F3N3O4S. The highest BCUT2D eigenvalue weighted by Gasteiger charge is 2.34. The van der Waals surface area contributed by atoms with Crippen LogP contribution in [0.15, 0.2) is 47.5 Å². The summed E-state index contributed by atoms with van der Waals surface area (Å²) in [5.74, 6) is -0.283. The van der Waals surface area contributed by atoms with Crippen LogP contribution in [0.25, 0.3) is 0 Å². The summed E-state index contributed by atoms with van der Waals surface area (Å²) in [4.78, 5) is 3.84. The molecule has 0 N–H and O–H groups in total. The Morgan fingerprint density at radius 1 is 1.21 bits per heavy atom. The molecule has 1 saturated heterocycles. The van der Waals surface area contributed by atoms with Gasteiger partial charge in [-0.1, -0.05) is 0 Å². The van der Waals surface area contributed by atoms with Crippen molar-refractivity contribution < 1.29 is 31.1 Å². The molecule has 0 spiro atoms. The van der Waals surface area contributed by atoms with Gasteiger partial charge < -0.3 is 9.47 Å². The van der Waals surface area contributed by atoms with Gasteiger partial charge in [-0.15, -0.1) is 13.2 Å². The van der Waals surface area contributed by atoms with Crippen LogP contribution in [0, 0.1) is 11.3 Å². The number of halogens is 3. The molecule has 1 aromatic heterocycles. The Hall–Kier alpha value is -2.84. The Kier molecular flexibility index (Phi) is 5.44. The summed E-state index contributed by atoms with van der Waals surface area (Å²) in [5, 5.41) is 8.89. The van der Waals surface area contributed by atoms with E-state index in [2.05, 4.69) is 9.72 Å². The molecule has 1 aliphatic rings. The molecule has 7 nitrogen and oxygen atoms in total. The largest absolute Gasteiger partial charge is 0.573 e. The third kappa shape index (κ3) is 4.71. The van der Waals surface area contributed by atoms with Crippen LogP contribution in [-0.4, -0.2) is 43.3 Å². The van der Waals surface area contributed by atoms with E-state index >= 15 is 0 Å². The van der Waals surface area contributed by atoms with Gasteiger partial charge in [0.1, 0.15) is 11.9 Å². The summed E-state index contributed by atoms with van der Waals surface area (Å²) in [5.41, 5.74) is 0.369. The molecule has 0 aliphatic carbocycles. The fourth-order valence-electron chi connectivity index (χ4n) is 2.69. The standard InChI is InChI=1S/C17H14F3N3O4S/c18-17(19,20)27-13-1-3-15(4-2-13)28(24,25)23-8-6-14(11-23)26-16-9-12(10-21)5-7-22-16/h1-5,7,9,14H,6,8,11H2. The second kappa shape index (κ2) is 7.65. The highest BCUT2D eigenvalue weighted by atomic mass is 32.2. The van der Waals surface area contributed by atoms with Crippen molar-refractivity contribution in [2.45, 2.75) is 23.8 Å². The van der Waals surface area contributed by atoms with Crippen LogP contribution >= 0.6 is 0 Å². The Labute approximate surface area is 159 Å². The predicted octanol–water partition coefficient (Wildman–Crippen LogP) is 2.69. The third-order valence-corrected chi connectivity index (χ3v) is 5.83. The Morgan fingerprint density at radius 2 is 1.93 bits per heavy atom. The van der Waals surface area contributed by atoms with Crippen molar-refractivity contribution in [2.75, 3.05) is 13.1 Å². The van der Waals surface area contributed by atoms with Crippen molar-refractivity contribution in [1.29, 1.82) is 5.26 Å². The average molecular weight is 413 g/mol. The summed E-state index contributed by atoms with van der Waals surface area (Å²) in [6.45, 7) is 0.243. The van der Waals surface area contributed by atoms with E-state index in [1.54, 1.807) is 0 Å². The zero-order valence-electron chi connectivity index (χ0n) is 14.3. The number of pyridine rings is 1. The maximum atomic E-state index is 12.7. The number of benzene rings is 1. The van der Waals surface area contributed by atoms with Gasteiger partial charge in [-0.05, 0) is 36.8 Å². The first kappa shape index (κ1) is 19.9. The lowest BCUT2D eigenvalue weighted by Gasteiger charge is -2.17. The number of alkyl halides is 3. The smallest absolute Gasteiger partial charge is 0.473 e. The molecule has 0 amide bonds. The molecule has 3 rings (SSSR count). The lowest BCUT2D eigenvalue weighted by molar-refractivity contribution is -0.274. The van der Waals surface area contributed by atoms with Gasteiger partial charge in [-0.25, -0.2) is 13.4 Å². The number of rotatable bonds is 5. The number of hydrogen-bond donors (Lipinski definition) is 0. The monoisotopic (exact) mass is 413 g/mol. The van der Waals surface area contributed by atoms with Gasteiger partial charge in [0.25, 0.3) is 0 Å². The van der Waals surface area contributed by atoms with Crippen molar-refractivity contribution in [1.82, 2.24) is 9.29 Å². The third-order valence-electron chi connectivity index (χ3n) is 3.95. The van der Waals surface area contributed by atoms with E-state index in [1.807, 2.05) is 6.07 Å². The second-order valence-electron chi connectivity index (χ2n) is 5.91. The number of nitriles is 1. The molecule has 148 valence electrons. The Balaban J connectivity index is 1.67. The minimum Gasteiger partial charge on any atom is -0.473 e. The van der Waals surface area contributed by atoms with E-state index in [0.717, 1.165) is 24.3 Å². The number of ether oxygens (including phenoxy) is 2. The van der Waals surface area contributed by atoms with Crippen molar-refractivity contribution in [3.8, 4) is 17.7 Å². The normalized spacial score (nSPS) is 17.9. The molecule has 1 atom stereocenters. The van der Waals surface area contributed by atoms with Crippen molar-refractivity contribution in [3.05, 3.63) is 48.2 Å². The van der Waals surface area contributed by atoms with Crippen molar-refractivity contribution >= 4 is 10.0 Å². The van der Waals surface area contributed by atoms with Gasteiger partial charge >= 0.3 is 6.36 Å². The van der Waals surface area contributed by atoms with Crippen LogP contribution in [0.4, 0.5) is 13.2 Å². The summed E-state index contributed by atoms with van der Waals surface area (Å²) >= 11 is 0. The zero-order chi connectivity index (χ0) is 20.4. The number of sulfonamides is 1. The Morgan fingerprint density at radius 3 is 2.57 bits per heavy atom. The maximum absolute atomic E-state index is 12.7. The molecule has 1 fully saturated rings. The van der Waals surface area contributed by atoms with E-state index in [1.165, 1.54) is 22.6 Å². The minimum absolute atomic E-state index is 0.0571. The molecule has 1 aliphatic heterocycles. The molecule has 1 unspecified atom stereocenters. The van der Waals surface area contributed by atoms with Crippen LogP contribution in [0.5, 0.6) is 11.6 Å². The molecule has 11 heteroatoms. The van der Waals surface area contributed by atoms with E-state index in [4.69, 9.17) is 10.00 Å². The first-order valence-corrected chi connectivity index (χ1v) is 9.50. The van der Waals surface area contributed by atoms with Crippen molar-refractivity contribution in [2.24, 2.45) is 0 Å². The van der Waals surface area contributed by atoms with Crippen LogP contribution < -0.4 is 9.47 Å². The van der Waals surface area contributed by atoms with E-state index < -0.39 is 28.2 Å². The van der Waals surface area contributed by atoms with Crippen LogP contribution in [0.3, 0.4) is 0 Å².